The van der Waals surface area contributed by atoms with Gasteiger partial charge in [-0.1, -0.05) is 13.8 Å². The van der Waals surface area contributed by atoms with Crippen LogP contribution >= 0.6 is 0 Å². The highest BCUT2D eigenvalue weighted by molar-refractivity contribution is 5.99. The van der Waals surface area contributed by atoms with Crippen molar-refractivity contribution in [2.75, 3.05) is 25.1 Å². The molecule has 1 saturated carbocycles. The van der Waals surface area contributed by atoms with Crippen LogP contribution in [0.25, 0.3) is 10.9 Å². The van der Waals surface area contributed by atoms with Gasteiger partial charge in [0.1, 0.15) is 11.3 Å². The molecule has 174 valence electrons. The zero-order valence-corrected chi connectivity index (χ0v) is 18.6. The van der Waals surface area contributed by atoms with Gasteiger partial charge in [-0.05, 0) is 31.6 Å². The second-order valence-corrected chi connectivity index (χ2v) is 9.51. The minimum atomic E-state index is -1.40. The number of fused-ring (bicyclic) bond motifs is 1. The Morgan fingerprint density at radius 3 is 2.69 bits per heavy atom. The van der Waals surface area contributed by atoms with Crippen LogP contribution in [0.2, 0.25) is 0 Å². The van der Waals surface area contributed by atoms with Gasteiger partial charge < -0.3 is 30.6 Å². The molecule has 2 fully saturated rings. The summed E-state index contributed by atoms with van der Waals surface area (Å²) in [6.07, 6.45) is 2.91. The third-order valence-electron chi connectivity index (χ3n) is 6.71. The SMILES string of the molecule is COc1c(N2CCC(O)C(CC(C)C)C2)c(F)c(C2(N)CC2)c2c(=O)c(C(=O)O)c[nH]c12. The lowest BCUT2D eigenvalue weighted by Crippen LogP contribution is -2.44. The Balaban J connectivity index is 1.96. The monoisotopic (exact) mass is 447 g/mol. The molecule has 4 rings (SSSR count). The lowest BCUT2D eigenvalue weighted by atomic mass is 9.86. The third-order valence-corrected chi connectivity index (χ3v) is 6.71. The lowest BCUT2D eigenvalue weighted by Gasteiger charge is -2.39. The number of carboxylic acid groups (broad SMARTS) is 1. The molecule has 0 amide bonds. The van der Waals surface area contributed by atoms with Crippen LogP contribution in [-0.4, -0.2) is 47.5 Å². The molecule has 2 unspecified atom stereocenters. The molecule has 0 radical (unpaired) electrons. The number of aliphatic hydroxyl groups is 1. The van der Waals surface area contributed by atoms with Gasteiger partial charge in [0.15, 0.2) is 11.6 Å². The second kappa shape index (κ2) is 8.04. The molecule has 1 aliphatic carbocycles. The number of halogens is 1. The average molecular weight is 448 g/mol. The minimum absolute atomic E-state index is 0.0341. The molecule has 2 aromatic rings. The number of carbonyl (C=O) groups is 1. The smallest absolute Gasteiger partial charge is 0.341 e. The van der Waals surface area contributed by atoms with Crippen molar-refractivity contribution in [1.29, 1.82) is 0 Å². The highest BCUT2D eigenvalue weighted by Crippen LogP contribution is 2.51. The van der Waals surface area contributed by atoms with Gasteiger partial charge >= 0.3 is 5.97 Å². The van der Waals surface area contributed by atoms with Crippen LogP contribution in [0, 0.1) is 17.7 Å². The van der Waals surface area contributed by atoms with E-state index in [9.17, 15) is 19.8 Å². The Kier molecular flexibility index (Phi) is 5.67. The van der Waals surface area contributed by atoms with Crippen LogP contribution in [0.1, 0.15) is 55.5 Å². The number of hydrogen-bond acceptors (Lipinski definition) is 6. The van der Waals surface area contributed by atoms with Gasteiger partial charge in [-0.3, -0.25) is 4.79 Å². The summed E-state index contributed by atoms with van der Waals surface area (Å²) in [6, 6.07) is 0. The molecule has 2 aliphatic rings. The van der Waals surface area contributed by atoms with E-state index >= 15 is 4.39 Å². The average Bonchev–Trinajstić information content (AvgIpc) is 3.46. The van der Waals surface area contributed by atoms with Crippen LogP contribution in [0.5, 0.6) is 5.75 Å². The summed E-state index contributed by atoms with van der Waals surface area (Å²) in [5, 5.41) is 19.8. The Labute approximate surface area is 185 Å². The summed E-state index contributed by atoms with van der Waals surface area (Å²) in [7, 11) is 1.39. The summed E-state index contributed by atoms with van der Waals surface area (Å²) < 4.78 is 21.8. The van der Waals surface area contributed by atoms with Crippen molar-refractivity contribution in [1.82, 2.24) is 4.98 Å². The Morgan fingerprint density at radius 2 is 2.12 bits per heavy atom. The number of aromatic amines is 1. The Bertz CT molecular complexity index is 1130. The molecule has 1 saturated heterocycles. The molecule has 1 aliphatic heterocycles. The molecule has 1 aromatic carbocycles. The van der Waals surface area contributed by atoms with E-state index in [0.29, 0.717) is 38.3 Å². The fourth-order valence-corrected chi connectivity index (χ4v) is 4.95. The van der Waals surface area contributed by atoms with Crippen molar-refractivity contribution in [3.8, 4) is 5.75 Å². The van der Waals surface area contributed by atoms with Gasteiger partial charge in [0.25, 0.3) is 0 Å². The van der Waals surface area contributed by atoms with E-state index in [-0.39, 0.29) is 33.8 Å². The predicted molar refractivity (Wildman–Crippen MR) is 119 cm³/mol. The van der Waals surface area contributed by atoms with E-state index in [1.54, 1.807) is 0 Å². The van der Waals surface area contributed by atoms with Crippen molar-refractivity contribution in [2.45, 2.75) is 51.2 Å². The van der Waals surface area contributed by atoms with Crippen molar-refractivity contribution in [3.05, 3.63) is 33.4 Å². The number of carboxylic acids is 1. The third kappa shape index (κ3) is 3.63. The van der Waals surface area contributed by atoms with Gasteiger partial charge in [-0.15, -0.1) is 0 Å². The van der Waals surface area contributed by atoms with Crippen LogP contribution in [0.15, 0.2) is 11.0 Å². The first-order valence-electron chi connectivity index (χ1n) is 11.0. The summed E-state index contributed by atoms with van der Waals surface area (Å²) in [5.41, 5.74) is 4.58. The fourth-order valence-electron chi connectivity index (χ4n) is 4.95. The maximum absolute atomic E-state index is 16.2. The van der Waals surface area contributed by atoms with Gasteiger partial charge in [-0.2, -0.15) is 0 Å². The van der Waals surface area contributed by atoms with Crippen molar-refractivity contribution in [2.24, 2.45) is 17.6 Å². The molecule has 8 nitrogen and oxygen atoms in total. The summed E-state index contributed by atoms with van der Waals surface area (Å²) in [5.74, 6) is -1.57. The van der Waals surface area contributed by atoms with Crippen molar-refractivity contribution < 1.29 is 24.1 Å². The van der Waals surface area contributed by atoms with E-state index in [0.717, 1.165) is 12.6 Å². The first kappa shape index (κ1) is 22.5. The Hall–Kier alpha value is -2.65. The molecular weight excluding hydrogens is 417 g/mol. The first-order chi connectivity index (χ1) is 15.1. The summed E-state index contributed by atoms with van der Waals surface area (Å²) in [4.78, 5) is 29.3. The normalized spacial score (nSPS) is 22.4. The number of anilines is 1. The molecule has 2 atom stereocenters. The standard InChI is InChI=1S/C23H30FN3O5/c1-11(2)8-12-10-27(7-4-14(12)28)19-17(24)16(23(25)5-6-23)15-18(21(19)32-3)26-9-13(20(15)29)22(30)31/h9,11-12,14,28H,4-8,10,25H2,1-3H3,(H,26,29)(H,30,31). The van der Waals surface area contributed by atoms with Gasteiger partial charge in [0.05, 0.1) is 24.1 Å². The molecule has 5 N–H and O–H groups in total. The number of nitrogens with zero attached hydrogens (tertiary/aromatic N) is 1. The molecule has 9 heteroatoms. The molecule has 0 bridgehead atoms. The number of ether oxygens (including phenoxy) is 1. The number of benzene rings is 1. The van der Waals surface area contributed by atoms with E-state index in [2.05, 4.69) is 18.8 Å². The van der Waals surface area contributed by atoms with E-state index in [4.69, 9.17) is 10.5 Å². The zero-order valence-electron chi connectivity index (χ0n) is 18.6. The van der Waals surface area contributed by atoms with Crippen LogP contribution in [0.3, 0.4) is 0 Å². The number of aliphatic hydroxyl groups excluding tert-OH is 1. The molecular formula is C23H30FN3O5. The summed E-state index contributed by atoms with van der Waals surface area (Å²) >= 11 is 0. The topological polar surface area (TPSA) is 129 Å². The van der Waals surface area contributed by atoms with E-state index < -0.39 is 34.4 Å². The first-order valence-corrected chi connectivity index (χ1v) is 11.0. The molecule has 1 aromatic heterocycles. The van der Waals surface area contributed by atoms with Gasteiger partial charge in [0, 0.05) is 36.3 Å². The number of rotatable bonds is 6. The molecule has 32 heavy (non-hydrogen) atoms. The lowest BCUT2D eigenvalue weighted by molar-refractivity contribution is 0.0695. The molecule has 0 spiro atoms. The number of pyridine rings is 1. The van der Waals surface area contributed by atoms with E-state index in [1.807, 2.05) is 4.90 Å². The number of methoxy groups -OCH3 is 1. The number of H-pyrrole nitrogens is 1. The van der Waals surface area contributed by atoms with Gasteiger partial charge in [0.2, 0.25) is 5.43 Å². The second-order valence-electron chi connectivity index (χ2n) is 9.51. The number of hydrogen-bond donors (Lipinski definition) is 4. The summed E-state index contributed by atoms with van der Waals surface area (Å²) in [6.45, 7) is 5.02. The van der Waals surface area contributed by atoms with Crippen LogP contribution in [-0.2, 0) is 5.54 Å². The highest BCUT2D eigenvalue weighted by Gasteiger charge is 2.46. The Morgan fingerprint density at radius 1 is 1.44 bits per heavy atom. The largest absolute Gasteiger partial charge is 0.492 e. The predicted octanol–water partition coefficient (Wildman–Crippen LogP) is 2.56. The van der Waals surface area contributed by atoms with Crippen LogP contribution in [0.4, 0.5) is 10.1 Å². The number of aromatic carboxylic acids is 1. The maximum atomic E-state index is 16.2. The van der Waals surface area contributed by atoms with E-state index in [1.165, 1.54) is 7.11 Å². The quantitative estimate of drug-likeness (QED) is 0.536. The number of nitrogens with two attached hydrogens (primary N) is 1. The zero-order chi connectivity index (χ0) is 23.4. The number of aromatic nitrogens is 1. The van der Waals surface area contributed by atoms with Gasteiger partial charge in [-0.25, -0.2) is 9.18 Å². The maximum Gasteiger partial charge on any atom is 0.341 e. The minimum Gasteiger partial charge on any atom is -0.492 e. The van der Waals surface area contributed by atoms with Crippen molar-refractivity contribution >= 4 is 22.6 Å². The van der Waals surface area contributed by atoms with Crippen LogP contribution < -0.4 is 20.8 Å². The fraction of sp³-hybridized carbons (Fsp3) is 0.565. The highest BCUT2D eigenvalue weighted by atomic mass is 19.1. The molecule has 2 heterocycles. The number of piperidine rings is 1. The number of nitrogens with one attached hydrogen (secondary N) is 1. The van der Waals surface area contributed by atoms with Crippen molar-refractivity contribution in [3.63, 3.8) is 0 Å².